The molecule has 7 nitrogen and oxygen atoms in total. The molecule has 27 heavy (non-hydrogen) atoms. The third-order valence-corrected chi connectivity index (χ3v) is 5.14. The maximum Gasteiger partial charge on any atom is 0.319 e. The van der Waals surface area contributed by atoms with Gasteiger partial charge in [0.15, 0.2) is 5.82 Å². The Morgan fingerprint density at radius 3 is 2.89 bits per heavy atom. The Balaban J connectivity index is 1.71. The third-order valence-electron chi connectivity index (χ3n) is 4.19. The van der Waals surface area contributed by atoms with Crippen LogP contribution in [0.4, 0.5) is 16.3 Å². The molecule has 0 aliphatic carbocycles. The van der Waals surface area contributed by atoms with Crippen LogP contribution in [0.5, 0.6) is 0 Å². The monoisotopic (exact) mass is 387 g/mol. The molecule has 1 fully saturated rings. The van der Waals surface area contributed by atoms with Crippen LogP contribution in [0.25, 0.3) is 11.3 Å². The minimum absolute atomic E-state index is 0.226. The fourth-order valence-electron chi connectivity index (χ4n) is 2.88. The van der Waals surface area contributed by atoms with Crippen molar-refractivity contribution >= 4 is 29.3 Å². The summed E-state index contributed by atoms with van der Waals surface area (Å²) in [4.78, 5) is 23.4. The number of carbonyl (C=O) groups excluding carboxylic acids is 1. The number of ether oxygens (including phenoxy) is 1. The standard InChI is InChI=1S/C19H25N5O2S/c1-26-11-3-6-22-19(25)23-16-5-2-4-15(14-16)17-18(21-8-7-20-17)24-9-12-27-13-10-24/h2,4-5,7-8,14H,3,6,9-13H2,1H3,(H2,22,23,25). The van der Waals surface area contributed by atoms with Gasteiger partial charge in [-0.25, -0.2) is 9.78 Å². The molecule has 0 atom stereocenters. The average molecular weight is 388 g/mol. The summed E-state index contributed by atoms with van der Waals surface area (Å²) in [6.07, 6.45) is 4.22. The van der Waals surface area contributed by atoms with E-state index in [1.165, 1.54) is 0 Å². The van der Waals surface area contributed by atoms with Crippen LogP contribution in [0.1, 0.15) is 6.42 Å². The summed E-state index contributed by atoms with van der Waals surface area (Å²) in [5.41, 5.74) is 2.50. The molecule has 0 bridgehead atoms. The van der Waals surface area contributed by atoms with Gasteiger partial charge in [-0.2, -0.15) is 11.8 Å². The van der Waals surface area contributed by atoms with Gasteiger partial charge >= 0.3 is 6.03 Å². The molecule has 0 spiro atoms. The highest BCUT2D eigenvalue weighted by Gasteiger charge is 2.18. The molecule has 1 saturated heterocycles. The summed E-state index contributed by atoms with van der Waals surface area (Å²) in [5, 5.41) is 5.69. The lowest BCUT2D eigenvalue weighted by Gasteiger charge is -2.28. The van der Waals surface area contributed by atoms with E-state index in [4.69, 9.17) is 4.74 Å². The Hall–Kier alpha value is -2.32. The molecule has 8 heteroatoms. The van der Waals surface area contributed by atoms with Crippen LogP contribution in [0.15, 0.2) is 36.7 Å². The van der Waals surface area contributed by atoms with Crippen LogP contribution in [0, 0.1) is 0 Å². The number of urea groups is 1. The highest BCUT2D eigenvalue weighted by molar-refractivity contribution is 7.99. The summed E-state index contributed by atoms with van der Waals surface area (Å²) >= 11 is 1.96. The molecular formula is C19H25N5O2S. The van der Waals surface area contributed by atoms with E-state index in [0.29, 0.717) is 13.2 Å². The van der Waals surface area contributed by atoms with Crippen molar-refractivity contribution in [3.63, 3.8) is 0 Å². The first-order valence-electron chi connectivity index (χ1n) is 9.06. The van der Waals surface area contributed by atoms with Crippen molar-refractivity contribution in [1.82, 2.24) is 15.3 Å². The van der Waals surface area contributed by atoms with E-state index in [1.54, 1.807) is 19.5 Å². The minimum atomic E-state index is -0.226. The Labute approximate surface area is 163 Å². The number of hydrogen-bond donors (Lipinski definition) is 2. The van der Waals surface area contributed by atoms with Crippen LogP contribution in [0.3, 0.4) is 0 Å². The predicted octanol–water partition coefficient (Wildman–Crippen LogP) is 2.85. The molecule has 2 N–H and O–H groups in total. The number of nitrogens with zero attached hydrogens (tertiary/aromatic N) is 3. The molecule has 1 aliphatic heterocycles. The maximum absolute atomic E-state index is 12.0. The smallest absolute Gasteiger partial charge is 0.319 e. The normalized spacial score (nSPS) is 14.0. The van der Waals surface area contributed by atoms with Crippen molar-refractivity contribution < 1.29 is 9.53 Å². The summed E-state index contributed by atoms with van der Waals surface area (Å²) < 4.78 is 4.98. The number of rotatable bonds is 7. The number of methoxy groups -OCH3 is 1. The molecule has 1 aromatic heterocycles. The first kappa shape index (κ1) is 19.4. The maximum atomic E-state index is 12.0. The summed E-state index contributed by atoms with van der Waals surface area (Å²) in [7, 11) is 1.65. The van der Waals surface area contributed by atoms with Crippen LogP contribution in [-0.2, 0) is 4.74 Å². The first-order chi connectivity index (χ1) is 13.3. The van der Waals surface area contributed by atoms with Gasteiger partial charge in [-0.05, 0) is 18.6 Å². The van der Waals surface area contributed by atoms with Gasteiger partial charge in [0, 0.05) is 68.5 Å². The van der Waals surface area contributed by atoms with Gasteiger partial charge in [0.25, 0.3) is 0 Å². The van der Waals surface area contributed by atoms with E-state index in [2.05, 4.69) is 25.5 Å². The Bertz CT molecular complexity index is 752. The van der Waals surface area contributed by atoms with Gasteiger partial charge in [0.1, 0.15) is 5.69 Å². The van der Waals surface area contributed by atoms with Gasteiger partial charge in [-0.3, -0.25) is 4.98 Å². The van der Waals surface area contributed by atoms with E-state index >= 15 is 0 Å². The average Bonchev–Trinajstić information content (AvgIpc) is 2.72. The van der Waals surface area contributed by atoms with Gasteiger partial charge in [0.2, 0.25) is 0 Å². The molecule has 0 saturated carbocycles. The first-order valence-corrected chi connectivity index (χ1v) is 10.2. The van der Waals surface area contributed by atoms with Gasteiger partial charge in [-0.1, -0.05) is 12.1 Å². The van der Waals surface area contributed by atoms with Crippen LogP contribution in [-0.4, -0.2) is 60.9 Å². The minimum Gasteiger partial charge on any atom is -0.385 e. The number of nitrogens with one attached hydrogen (secondary N) is 2. The Kier molecular flexibility index (Phi) is 7.29. The quantitative estimate of drug-likeness (QED) is 0.711. The molecule has 3 rings (SSSR count). The number of benzene rings is 1. The van der Waals surface area contributed by atoms with Crippen molar-refractivity contribution in [3.05, 3.63) is 36.7 Å². The van der Waals surface area contributed by atoms with Crippen molar-refractivity contribution in [2.45, 2.75) is 6.42 Å². The lowest BCUT2D eigenvalue weighted by molar-refractivity contribution is 0.194. The van der Waals surface area contributed by atoms with Gasteiger partial charge in [0.05, 0.1) is 0 Å². The van der Waals surface area contributed by atoms with E-state index in [-0.39, 0.29) is 6.03 Å². The Morgan fingerprint density at radius 1 is 1.26 bits per heavy atom. The molecule has 1 aliphatic rings. The molecule has 2 aromatic rings. The molecule has 1 aromatic carbocycles. The number of aromatic nitrogens is 2. The zero-order valence-electron chi connectivity index (χ0n) is 15.5. The lowest BCUT2D eigenvalue weighted by atomic mass is 10.1. The summed E-state index contributed by atoms with van der Waals surface area (Å²) in [5.74, 6) is 3.10. The molecule has 2 heterocycles. The lowest BCUT2D eigenvalue weighted by Crippen LogP contribution is -2.33. The SMILES string of the molecule is COCCCNC(=O)Nc1cccc(-c2nccnc2N2CCSCC2)c1. The van der Waals surface area contributed by atoms with Gasteiger partial charge < -0.3 is 20.3 Å². The topological polar surface area (TPSA) is 79.4 Å². The predicted molar refractivity (Wildman–Crippen MR) is 111 cm³/mol. The zero-order valence-corrected chi connectivity index (χ0v) is 16.3. The van der Waals surface area contributed by atoms with Crippen molar-refractivity contribution in [3.8, 4) is 11.3 Å². The van der Waals surface area contributed by atoms with Crippen LogP contribution in [0.2, 0.25) is 0 Å². The second-order valence-corrected chi connectivity index (χ2v) is 7.36. The molecule has 0 unspecified atom stereocenters. The second kappa shape index (κ2) is 10.1. The fourth-order valence-corrected chi connectivity index (χ4v) is 3.78. The number of thioether (sulfide) groups is 1. The largest absolute Gasteiger partial charge is 0.385 e. The molecule has 144 valence electrons. The van der Waals surface area contributed by atoms with E-state index in [1.807, 2.05) is 36.0 Å². The molecular weight excluding hydrogens is 362 g/mol. The third kappa shape index (κ3) is 5.58. The zero-order chi connectivity index (χ0) is 18.9. The van der Waals surface area contributed by atoms with E-state index in [0.717, 1.165) is 53.8 Å². The Morgan fingerprint density at radius 2 is 2.07 bits per heavy atom. The number of carbonyl (C=O) groups is 1. The fraction of sp³-hybridized carbons (Fsp3) is 0.421. The van der Waals surface area contributed by atoms with Crippen molar-refractivity contribution in [2.75, 3.05) is 55.1 Å². The summed E-state index contributed by atoms with van der Waals surface area (Å²) in [6.45, 7) is 3.14. The van der Waals surface area contributed by atoms with Crippen molar-refractivity contribution in [2.24, 2.45) is 0 Å². The summed E-state index contributed by atoms with van der Waals surface area (Å²) in [6, 6.07) is 7.48. The van der Waals surface area contributed by atoms with Crippen LogP contribution < -0.4 is 15.5 Å². The molecule has 2 amide bonds. The number of amides is 2. The van der Waals surface area contributed by atoms with Crippen LogP contribution >= 0.6 is 11.8 Å². The van der Waals surface area contributed by atoms with E-state index in [9.17, 15) is 4.79 Å². The number of anilines is 2. The highest BCUT2D eigenvalue weighted by atomic mass is 32.2. The highest BCUT2D eigenvalue weighted by Crippen LogP contribution is 2.29. The molecule has 0 radical (unpaired) electrons. The van der Waals surface area contributed by atoms with Crippen molar-refractivity contribution in [1.29, 1.82) is 0 Å². The second-order valence-electron chi connectivity index (χ2n) is 6.14. The van der Waals surface area contributed by atoms with Gasteiger partial charge in [-0.15, -0.1) is 0 Å². The number of hydrogen-bond acceptors (Lipinski definition) is 6. The van der Waals surface area contributed by atoms with E-state index < -0.39 is 0 Å².